The minimum atomic E-state index is 0.732. The summed E-state index contributed by atoms with van der Waals surface area (Å²) in [5, 5.41) is 3.88. The summed E-state index contributed by atoms with van der Waals surface area (Å²) in [6.45, 7) is 3.47. The Morgan fingerprint density at radius 2 is 1.80 bits per heavy atom. The highest BCUT2D eigenvalue weighted by Gasteiger charge is 2.66. The first kappa shape index (κ1) is 12.9. The maximum absolute atomic E-state index is 3.88. The van der Waals surface area contributed by atoms with Crippen LogP contribution in [-0.2, 0) is 6.42 Å². The van der Waals surface area contributed by atoms with Crippen LogP contribution in [0.15, 0.2) is 30.3 Å². The Morgan fingerprint density at radius 3 is 2.45 bits per heavy atom. The number of fused-ring (bicyclic) bond motifs is 5. The summed E-state index contributed by atoms with van der Waals surface area (Å²) in [4.78, 5) is 0. The second-order valence-electron chi connectivity index (χ2n) is 7.32. The van der Waals surface area contributed by atoms with Gasteiger partial charge in [0.15, 0.2) is 0 Å². The van der Waals surface area contributed by atoms with Crippen LogP contribution in [0.5, 0.6) is 0 Å². The van der Waals surface area contributed by atoms with Gasteiger partial charge in [-0.1, -0.05) is 37.3 Å². The predicted octanol–water partition coefficient (Wildman–Crippen LogP) is 3.89. The van der Waals surface area contributed by atoms with Crippen LogP contribution < -0.4 is 5.32 Å². The lowest BCUT2D eigenvalue weighted by atomic mass is 9.93. The molecule has 108 valence electrons. The van der Waals surface area contributed by atoms with Gasteiger partial charge in [0.1, 0.15) is 0 Å². The molecule has 3 aliphatic rings. The first-order valence-corrected chi connectivity index (χ1v) is 8.65. The van der Waals surface area contributed by atoms with Crippen molar-refractivity contribution in [3.8, 4) is 0 Å². The van der Waals surface area contributed by atoms with Gasteiger partial charge < -0.3 is 5.32 Å². The predicted molar refractivity (Wildman–Crippen MR) is 83.5 cm³/mol. The largest absolute Gasteiger partial charge is 0.313 e. The Hall–Kier alpha value is -0.820. The SMILES string of the molecule is CCCNC(Cc1ccccc1)C1C2C3CCC(C3)C21. The summed E-state index contributed by atoms with van der Waals surface area (Å²) in [6.07, 6.45) is 7.12. The number of nitrogens with one attached hydrogen (secondary N) is 1. The third-order valence-electron chi connectivity index (χ3n) is 6.21. The smallest absolute Gasteiger partial charge is 0.0141 e. The molecule has 0 amide bonds. The third-order valence-corrected chi connectivity index (χ3v) is 6.21. The molecular formula is C19H27N. The summed E-state index contributed by atoms with van der Waals surface area (Å²) >= 11 is 0. The van der Waals surface area contributed by atoms with Crippen LogP contribution in [0.3, 0.4) is 0 Å². The van der Waals surface area contributed by atoms with Gasteiger partial charge in [-0.3, -0.25) is 0 Å². The average molecular weight is 269 g/mol. The van der Waals surface area contributed by atoms with Gasteiger partial charge in [-0.2, -0.15) is 0 Å². The van der Waals surface area contributed by atoms with Gasteiger partial charge in [-0.05, 0) is 73.8 Å². The summed E-state index contributed by atoms with van der Waals surface area (Å²) < 4.78 is 0. The molecule has 2 bridgehead atoms. The van der Waals surface area contributed by atoms with Crippen molar-refractivity contribution in [3.05, 3.63) is 35.9 Å². The highest BCUT2D eigenvalue weighted by Crippen LogP contribution is 2.70. The van der Waals surface area contributed by atoms with E-state index in [2.05, 4.69) is 42.6 Å². The molecular weight excluding hydrogens is 242 g/mol. The molecule has 1 N–H and O–H groups in total. The van der Waals surface area contributed by atoms with Crippen LogP contribution in [0, 0.1) is 29.6 Å². The van der Waals surface area contributed by atoms with E-state index in [1.165, 1.54) is 37.8 Å². The molecule has 1 nitrogen and oxygen atoms in total. The second kappa shape index (κ2) is 5.18. The first-order chi connectivity index (χ1) is 9.88. The zero-order chi connectivity index (χ0) is 13.5. The molecule has 3 saturated carbocycles. The van der Waals surface area contributed by atoms with Crippen LogP contribution in [0.2, 0.25) is 0 Å². The lowest BCUT2D eigenvalue weighted by Crippen LogP contribution is -2.35. The average Bonchev–Trinajstić information content (AvgIpc) is 2.91. The lowest BCUT2D eigenvalue weighted by molar-refractivity contribution is 0.361. The van der Waals surface area contributed by atoms with Crippen molar-refractivity contribution in [1.29, 1.82) is 0 Å². The molecule has 0 saturated heterocycles. The van der Waals surface area contributed by atoms with E-state index in [0.717, 1.165) is 35.6 Å². The molecule has 20 heavy (non-hydrogen) atoms. The molecule has 0 spiro atoms. The Kier molecular flexibility index (Phi) is 3.34. The first-order valence-electron chi connectivity index (χ1n) is 8.65. The Balaban J connectivity index is 1.46. The lowest BCUT2D eigenvalue weighted by Gasteiger charge is -2.22. The fourth-order valence-corrected chi connectivity index (χ4v) is 5.47. The van der Waals surface area contributed by atoms with Crippen molar-refractivity contribution >= 4 is 0 Å². The fraction of sp³-hybridized carbons (Fsp3) is 0.684. The molecule has 0 radical (unpaired) electrons. The molecule has 3 aliphatic carbocycles. The molecule has 4 rings (SSSR count). The molecule has 1 aromatic rings. The van der Waals surface area contributed by atoms with Crippen LogP contribution in [0.25, 0.3) is 0 Å². The summed E-state index contributed by atoms with van der Waals surface area (Å²) in [6, 6.07) is 11.8. The molecule has 0 aliphatic heterocycles. The minimum absolute atomic E-state index is 0.732. The third kappa shape index (κ3) is 2.11. The van der Waals surface area contributed by atoms with E-state index in [1.54, 1.807) is 6.42 Å². The van der Waals surface area contributed by atoms with E-state index >= 15 is 0 Å². The normalized spacial score (nSPS) is 38.8. The Labute approximate surface area is 123 Å². The van der Waals surface area contributed by atoms with Crippen LogP contribution in [-0.4, -0.2) is 12.6 Å². The van der Waals surface area contributed by atoms with Gasteiger partial charge in [-0.15, -0.1) is 0 Å². The molecule has 5 atom stereocenters. The van der Waals surface area contributed by atoms with Gasteiger partial charge in [0, 0.05) is 6.04 Å². The van der Waals surface area contributed by atoms with Crippen molar-refractivity contribution in [1.82, 2.24) is 5.32 Å². The van der Waals surface area contributed by atoms with E-state index in [9.17, 15) is 0 Å². The molecule has 1 heteroatoms. The standard InChI is InChI=1S/C19H27N/c1-2-10-20-16(11-13-6-4-3-5-7-13)19-17-14-8-9-15(12-14)18(17)19/h3-7,14-20H,2,8-12H2,1H3. The van der Waals surface area contributed by atoms with Crippen LogP contribution >= 0.6 is 0 Å². The molecule has 0 heterocycles. The number of hydrogen-bond acceptors (Lipinski definition) is 1. The Morgan fingerprint density at radius 1 is 1.10 bits per heavy atom. The van der Waals surface area contributed by atoms with Crippen molar-refractivity contribution < 1.29 is 0 Å². The zero-order valence-electron chi connectivity index (χ0n) is 12.6. The van der Waals surface area contributed by atoms with Crippen LogP contribution in [0.4, 0.5) is 0 Å². The van der Waals surface area contributed by atoms with Gasteiger partial charge in [0.05, 0.1) is 0 Å². The maximum Gasteiger partial charge on any atom is 0.0141 e. The molecule has 0 aromatic heterocycles. The van der Waals surface area contributed by atoms with E-state index in [4.69, 9.17) is 0 Å². The van der Waals surface area contributed by atoms with Gasteiger partial charge in [-0.25, -0.2) is 0 Å². The molecule has 5 unspecified atom stereocenters. The number of benzene rings is 1. The van der Waals surface area contributed by atoms with E-state index in [0.29, 0.717) is 0 Å². The van der Waals surface area contributed by atoms with Gasteiger partial charge in [0.2, 0.25) is 0 Å². The van der Waals surface area contributed by atoms with E-state index in [-0.39, 0.29) is 0 Å². The maximum atomic E-state index is 3.88. The number of hydrogen-bond donors (Lipinski definition) is 1. The summed E-state index contributed by atoms with van der Waals surface area (Å²) in [7, 11) is 0. The van der Waals surface area contributed by atoms with E-state index in [1.807, 2.05) is 0 Å². The zero-order valence-corrected chi connectivity index (χ0v) is 12.6. The minimum Gasteiger partial charge on any atom is -0.313 e. The monoisotopic (exact) mass is 269 g/mol. The molecule has 1 aromatic carbocycles. The van der Waals surface area contributed by atoms with Gasteiger partial charge >= 0.3 is 0 Å². The quantitative estimate of drug-likeness (QED) is 0.826. The van der Waals surface area contributed by atoms with Gasteiger partial charge in [0.25, 0.3) is 0 Å². The van der Waals surface area contributed by atoms with Crippen molar-refractivity contribution in [2.75, 3.05) is 6.54 Å². The highest BCUT2D eigenvalue weighted by molar-refractivity contribution is 5.21. The van der Waals surface area contributed by atoms with Crippen molar-refractivity contribution in [2.45, 2.75) is 45.1 Å². The fourth-order valence-electron chi connectivity index (χ4n) is 5.47. The van der Waals surface area contributed by atoms with Crippen molar-refractivity contribution in [2.24, 2.45) is 29.6 Å². The summed E-state index contributed by atoms with van der Waals surface area (Å²) in [5.41, 5.74) is 1.51. The van der Waals surface area contributed by atoms with Crippen LogP contribution in [0.1, 0.15) is 38.2 Å². The second-order valence-corrected chi connectivity index (χ2v) is 7.32. The highest BCUT2D eigenvalue weighted by atomic mass is 14.9. The van der Waals surface area contributed by atoms with E-state index < -0.39 is 0 Å². The number of rotatable bonds is 6. The Bertz CT molecular complexity index is 438. The molecule has 3 fully saturated rings. The van der Waals surface area contributed by atoms with Crippen molar-refractivity contribution in [3.63, 3.8) is 0 Å². The summed E-state index contributed by atoms with van der Waals surface area (Å²) in [5.74, 6) is 5.36. The topological polar surface area (TPSA) is 12.0 Å².